The lowest BCUT2D eigenvalue weighted by molar-refractivity contribution is 0.105. The predicted octanol–water partition coefficient (Wildman–Crippen LogP) is 4.87. The molecule has 3 nitrogen and oxygen atoms in total. The number of carbonyl (C=O) groups excluding carboxylic acids is 1. The van der Waals surface area contributed by atoms with Gasteiger partial charge in [0.05, 0.1) is 5.56 Å². The molecule has 0 radical (unpaired) electrons. The third-order valence-corrected chi connectivity index (χ3v) is 3.86. The van der Waals surface area contributed by atoms with Gasteiger partial charge >= 0.3 is 0 Å². The van der Waals surface area contributed by atoms with Crippen molar-refractivity contribution in [3.8, 4) is 11.5 Å². The van der Waals surface area contributed by atoms with E-state index >= 15 is 0 Å². The Labute approximate surface area is 146 Å². The Kier molecular flexibility index (Phi) is 4.95. The SMILES string of the molecule is C=C(C(=O)c1ccc(OCc2ccccc2)cc1O)c1ccccc1. The molecule has 0 heterocycles. The van der Waals surface area contributed by atoms with Crippen LogP contribution in [0.4, 0.5) is 0 Å². The minimum absolute atomic E-state index is 0.118. The summed E-state index contributed by atoms with van der Waals surface area (Å²) in [6, 6.07) is 23.6. The summed E-state index contributed by atoms with van der Waals surface area (Å²) in [6.07, 6.45) is 0. The molecule has 0 aliphatic rings. The number of hydrogen-bond donors (Lipinski definition) is 1. The maximum absolute atomic E-state index is 12.6. The van der Waals surface area contributed by atoms with Crippen LogP contribution in [-0.2, 0) is 6.61 Å². The van der Waals surface area contributed by atoms with Crippen LogP contribution >= 0.6 is 0 Å². The highest BCUT2D eigenvalue weighted by molar-refractivity contribution is 6.29. The van der Waals surface area contributed by atoms with Gasteiger partial charge in [-0.3, -0.25) is 4.79 Å². The molecule has 0 aliphatic heterocycles. The second kappa shape index (κ2) is 7.49. The molecule has 0 aliphatic carbocycles. The molecule has 3 rings (SSSR count). The summed E-state index contributed by atoms with van der Waals surface area (Å²) < 4.78 is 5.66. The summed E-state index contributed by atoms with van der Waals surface area (Å²) in [5, 5.41) is 10.2. The predicted molar refractivity (Wildman–Crippen MR) is 98.7 cm³/mol. The van der Waals surface area contributed by atoms with Crippen LogP contribution in [0.3, 0.4) is 0 Å². The van der Waals surface area contributed by atoms with Gasteiger partial charge in [0, 0.05) is 11.6 Å². The molecular formula is C22H18O3. The van der Waals surface area contributed by atoms with E-state index in [4.69, 9.17) is 4.74 Å². The van der Waals surface area contributed by atoms with Crippen molar-refractivity contribution in [2.75, 3.05) is 0 Å². The van der Waals surface area contributed by atoms with Gasteiger partial charge in [0.2, 0.25) is 0 Å². The minimum atomic E-state index is -0.307. The molecule has 0 saturated carbocycles. The van der Waals surface area contributed by atoms with Crippen LogP contribution in [0.15, 0.2) is 85.4 Å². The second-order valence-electron chi connectivity index (χ2n) is 5.63. The number of allylic oxidation sites excluding steroid dienone is 1. The smallest absolute Gasteiger partial charge is 0.196 e. The van der Waals surface area contributed by atoms with Crippen molar-refractivity contribution in [2.45, 2.75) is 6.61 Å². The van der Waals surface area contributed by atoms with Gasteiger partial charge in [-0.2, -0.15) is 0 Å². The van der Waals surface area contributed by atoms with Crippen molar-refractivity contribution in [1.29, 1.82) is 0 Å². The van der Waals surface area contributed by atoms with Crippen molar-refractivity contribution >= 4 is 11.4 Å². The first-order valence-corrected chi connectivity index (χ1v) is 7.94. The van der Waals surface area contributed by atoms with Gasteiger partial charge in [-0.25, -0.2) is 0 Å². The molecule has 0 unspecified atom stereocenters. The van der Waals surface area contributed by atoms with Gasteiger partial charge in [0.25, 0.3) is 0 Å². The first kappa shape index (κ1) is 16.5. The molecular weight excluding hydrogens is 312 g/mol. The molecule has 1 N–H and O–H groups in total. The fourth-order valence-corrected chi connectivity index (χ4v) is 2.47. The third kappa shape index (κ3) is 3.96. The number of ketones is 1. The molecule has 3 aromatic carbocycles. The van der Waals surface area contributed by atoms with Crippen LogP contribution < -0.4 is 4.74 Å². The zero-order valence-corrected chi connectivity index (χ0v) is 13.7. The average Bonchev–Trinajstić information content (AvgIpc) is 2.67. The van der Waals surface area contributed by atoms with Gasteiger partial charge in [0.15, 0.2) is 5.78 Å². The number of benzene rings is 3. The van der Waals surface area contributed by atoms with E-state index in [1.165, 1.54) is 6.07 Å². The van der Waals surface area contributed by atoms with E-state index in [2.05, 4.69) is 6.58 Å². The van der Waals surface area contributed by atoms with Gasteiger partial charge in [0.1, 0.15) is 18.1 Å². The van der Waals surface area contributed by atoms with Gasteiger partial charge in [-0.1, -0.05) is 67.2 Å². The lowest BCUT2D eigenvalue weighted by Gasteiger charge is -2.10. The van der Waals surface area contributed by atoms with E-state index < -0.39 is 0 Å². The third-order valence-electron chi connectivity index (χ3n) is 3.86. The van der Waals surface area contributed by atoms with Crippen molar-refractivity contribution in [3.63, 3.8) is 0 Å². The highest BCUT2D eigenvalue weighted by Crippen LogP contribution is 2.28. The van der Waals surface area contributed by atoms with Crippen LogP contribution in [-0.4, -0.2) is 10.9 Å². The number of rotatable bonds is 6. The van der Waals surface area contributed by atoms with Gasteiger partial charge in [-0.05, 0) is 23.3 Å². The standard InChI is InChI=1S/C22H18O3/c1-16(18-10-6-3-7-11-18)22(24)20-13-12-19(14-21(20)23)25-15-17-8-4-2-5-9-17/h2-14,23H,1,15H2. The molecule has 0 bridgehead atoms. The van der Waals surface area contributed by atoms with E-state index in [-0.39, 0.29) is 17.1 Å². The molecule has 0 spiro atoms. The molecule has 0 aromatic heterocycles. The van der Waals surface area contributed by atoms with Crippen molar-refractivity contribution in [1.82, 2.24) is 0 Å². The van der Waals surface area contributed by atoms with E-state index in [1.807, 2.05) is 60.7 Å². The Morgan fingerprint density at radius 2 is 1.56 bits per heavy atom. The first-order valence-electron chi connectivity index (χ1n) is 7.94. The average molecular weight is 330 g/mol. The van der Waals surface area contributed by atoms with Crippen molar-refractivity contribution in [3.05, 3.63) is 102 Å². The monoisotopic (exact) mass is 330 g/mol. The zero-order valence-electron chi connectivity index (χ0n) is 13.7. The lowest BCUT2D eigenvalue weighted by Crippen LogP contribution is -2.03. The fourth-order valence-electron chi connectivity index (χ4n) is 2.47. The minimum Gasteiger partial charge on any atom is -0.507 e. The summed E-state index contributed by atoms with van der Waals surface area (Å²) in [5.41, 5.74) is 2.31. The van der Waals surface area contributed by atoms with Crippen LogP contribution in [0.1, 0.15) is 21.5 Å². The molecule has 124 valence electrons. The summed E-state index contributed by atoms with van der Waals surface area (Å²) in [7, 11) is 0. The molecule has 25 heavy (non-hydrogen) atoms. The van der Waals surface area contributed by atoms with Gasteiger partial charge in [-0.15, -0.1) is 0 Å². The fraction of sp³-hybridized carbons (Fsp3) is 0.0455. The quantitative estimate of drug-likeness (QED) is 0.518. The summed E-state index contributed by atoms with van der Waals surface area (Å²) >= 11 is 0. The van der Waals surface area contributed by atoms with E-state index in [9.17, 15) is 9.90 Å². The summed E-state index contributed by atoms with van der Waals surface area (Å²) in [5.74, 6) is 0.0779. The topological polar surface area (TPSA) is 46.5 Å². The maximum atomic E-state index is 12.6. The molecule has 0 atom stereocenters. The highest BCUT2D eigenvalue weighted by atomic mass is 16.5. The van der Waals surface area contributed by atoms with Crippen LogP contribution in [0, 0.1) is 0 Å². The van der Waals surface area contributed by atoms with Crippen molar-refractivity contribution < 1.29 is 14.6 Å². The number of carbonyl (C=O) groups is 1. The van der Waals surface area contributed by atoms with Crippen LogP contribution in [0.2, 0.25) is 0 Å². The van der Waals surface area contributed by atoms with E-state index in [0.29, 0.717) is 17.9 Å². The normalized spacial score (nSPS) is 10.2. The Morgan fingerprint density at radius 1 is 0.920 bits per heavy atom. The number of phenols is 1. The molecule has 0 saturated heterocycles. The number of hydrogen-bond acceptors (Lipinski definition) is 3. The molecule has 3 heteroatoms. The number of ether oxygens (including phenoxy) is 1. The second-order valence-corrected chi connectivity index (χ2v) is 5.63. The number of aromatic hydroxyl groups is 1. The molecule has 0 amide bonds. The zero-order chi connectivity index (χ0) is 17.6. The van der Waals surface area contributed by atoms with Crippen LogP contribution in [0.25, 0.3) is 5.57 Å². The number of phenolic OH excluding ortho intramolecular Hbond substituents is 1. The Bertz CT molecular complexity index is 884. The first-order chi connectivity index (χ1) is 12.1. The molecule has 0 fully saturated rings. The maximum Gasteiger partial charge on any atom is 0.196 e. The van der Waals surface area contributed by atoms with E-state index in [1.54, 1.807) is 12.1 Å². The Hall–Kier alpha value is -3.33. The van der Waals surface area contributed by atoms with E-state index in [0.717, 1.165) is 11.1 Å². The molecule has 3 aromatic rings. The van der Waals surface area contributed by atoms with Crippen molar-refractivity contribution in [2.24, 2.45) is 0 Å². The number of Topliss-reactive ketones (excluding diaryl/α,β-unsaturated/α-hetero) is 1. The Balaban J connectivity index is 1.73. The Morgan fingerprint density at radius 3 is 2.20 bits per heavy atom. The highest BCUT2D eigenvalue weighted by Gasteiger charge is 2.16. The summed E-state index contributed by atoms with van der Waals surface area (Å²) in [6.45, 7) is 4.24. The van der Waals surface area contributed by atoms with Crippen LogP contribution in [0.5, 0.6) is 11.5 Å². The van der Waals surface area contributed by atoms with Gasteiger partial charge < -0.3 is 9.84 Å². The largest absolute Gasteiger partial charge is 0.507 e. The summed E-state index contributed by atoms with van der Waals surface area (Å²) in [4.78, 5) is 12.6. The lowest BCUT2D eigenvalue weighted by atomic mass is 9.97.